The van der Waals surface area contributed by atoms with Crippen LogP contribution in [-0.2, 0) is 28.6 Å². The van der Waals surface area contributed by atoms with Crippen LogP contribution in [0.2, 0.25) is 0 Å². The van der Waals surface area contributed by atoms with Crippen LogP contribution >= 0.6 is 0 Å². The molecule has 458 valence electrons. The van der Waals surface area contributed by atoms with E-state index >= 15 is 0 Å². The Morgan fingerprint density at radius 2 is 0.494 bits per heavy atom. The summed E-state index contributed by atoms with van der Waals surface area (Å²) in [5.74, 6) is -0.946. The number of esters is 3. The molecule has 0 aromatic heterocycles. The zero-order valence-electron chi connectivity index (χ0n) is 52.5. The Bertz CT molecular complexity index is 1760. The van der Waals surface area contributed by atoms with Crippen molar-refractivity contribution in [2.45, 2.75) is 297 Å². The van der Waals surface area contributed by atoms with E-state index in [-0.39, 0.29) is 31.1 Å². The molecule has 0 spiro atoms. The van der Waals surface area contributed by atoms with E-state index in [9.17, 15) is 14.4 Å². The zero-order valence-corrected chi connectivity index (χ0v) is 52.5. The van der Waals surface area contributed by atoms with Gasteiger partial charge in [-0.25, -0.2) is 0 Å². The van der Waals surface area contributed by atoms with Crippen LogP contribution in [0.1, 0.15) is 290 Å². The maximum atomic E-state index is 12.9. The monoisotopic (exact) mass is 1120 g/mol. The fourth-order valence-corrected chi connectivity index (χ4v) is 8.80. The third-order valence-electron chi connectivity index (χ3n) is 13.8. The first-order valence-electron chi connectivity index (χ1n) is 33.3. The molecule has 0 bridgehead atoms. The molecular weight excluding hydrogens is 997 g/mol. The Labute approximate surface area is 499 Å². The minimum absolute atomic E-state index is 0.0988. The summed E-state index contributed by atoms with van der Waals surface area (Å²) in [6.45, 7) is 6.44. The molecule has 0 aromatic carbocycles. The maximum absolute atomic E-state index is 12.9. The van der Waals surface area contributed by atoms with Gasteiger partial charge in [0.15, 0.2) is 6.10 Å². The van der Waals surface area contributed by atoms with E-state index in [2.05, 4.69) is 167 Å². The predicted octanol–water partition coefficient (Wildman–Crippen LogP) is 23.1. The minimum Gasteiger partial charge on any atom is -0.462 e. The van der Waals surface area contributed by atoms with E-state index in [4.69, 9.17) is 14.2 Å². The van der Waals surface area contributed by atoms with Gasteiger partial charge in [-0.1, -0.05) is 276 Å². The fourth-order valence-electron chi connectivity index (χ4n) is 8.80. The van der Waals surface area contributed by atoms with Crippen LogP contribution < -0.4 is 0 Å². The highest BCUT2D eigenvalue weighted by Crippen LogP contribution is 2.15. The number of hydrogen-bond acceptors (Lipinski definition) is 6. The molecule has 1 unspecified atom stereocenters. The molecule has 0 amide bonds. The van der Waals surface area contributed by atoms with Gasteiger partial charge >= 0.3 is 17.9 Å². The highest BCUT2D eigenvalue weighted by molar-refractivity contribution is 5.71. The van der Waals surface area contributed by atoms with Crippen molar-refractivity contribution in [1.29, 1.82) is 0 Å². The van der Waals surface area contributed by atoms with E-state index in [0.717, 1.165) is 141 Å². The summed E-state index contributed by atoms with van der Waals surface area (Å²) in [6, 6.07) is 0. The molecule has 0 heterocycles. The molecule has 0 saturated carbocycles. The van der Waals surface area contributed by atoms with Crippen LogP contribution in [0, 0.1) is 0 Å². The van der Waals surface area contributed by atoms with Gasteiger partial charge in [-0.05, 0) is 141 Å². The lowest BCUT2D eigenvalue weighted by Gasteiger charge is -2.18. The Morgan fingerprint density at radius 3 is 0.815 bits per heavy atom. The van der Waals surface area contributed by atoms with Crippen LogP contribution in [0.25, 0.3) is 0 Å². The van der Waals surface area contributed by atoms with Gasteiger partial charge in [-0.15, -0.1) is 0 Å². The Balaban J connectivity index is 4.37. The number of ether oxygens (including phenoxy) is 3. The van der Waals surface area contributed by atoms with Gasteiger partial charge in [0.25, 0.3) is 0 Å². The second-order valence-corrected chi connectivity index (χ2v) is 21.6. The molecule has 81 heavy (non-hydrogen) atoms. The molecule has 0 N–H and O–H groups in total. The number of rotatable bonds is 59. The van der Waals surface area contributed by atoms with Crippen molar-refractivity contribution in [2.75, 3.05) is 13.2 Å². The van der Waals surface area contributed by atoms with Gasteiger partial charge < -0.3 is 14.2 Å². The SMILES string of the molecule is CC/C=C\C/C=C\C/C=C\C/C=C\C/C=C\C/C=C\C/C=C\C/C=C\C/C=C\CCCCCC(=O)OCC(COC(=O)CCCCCCC/C=C\CCCC)OC(=O)CCCCCCCCCCC/C=C\C/C=C\CCCCCCC. The molecule has 6 heteroatoms. The Morgan fingerprint density at radius 1 is 0.259 bits per heavy atom. The highest BCUT2D eigenvalue weighted by atomic mass is 16.6. The molecule has 0 fully saturated rings. The van der Waals surface area contributed by atoms with Crippen molar-refractivity contribution in [3.8, 4) is 0 Å². The van der Waals surface area contributed by atoms with Gasteiger partial charge in [0.1, 0.15) is 13.2 Å². The minimum atomic E-state index is -0.804. The summed E-state index contributed by atoms with van der Waals surface area (Å²) in [5.41, 5.74) is 0. The third kappa shape index (κ3) is 66.0. The van der Waals surface area contributed by atoms with E-state index in [1.807, 2.05) is 0 Å². The zero-order chi connectivity index (χ0) is 58.5. The third-order valence-corrected chi connectivity index (χ3v) is 13.8. The van der Waals surface area contributed by atoms with Crippen molar-refractivity contribution in [3.05, 3.63) is 146 Å². The molecule has 0 aliphatic rings. The Hall–Kier alpha value is -4.71. The molecule has 0 aliphatic carbocycles. The van der Waals surface area contributed by atoms with Crippen LogP contribution in [0.5, 0.6) is 0 Å². The first kappa shape index (κ1) is 76.3. The van der Waals surface area contributed by atoms with Crippen LogP contribution in [-0.4, -0.2) is 37.2 Å². The second-order valence-electron chi connectivity index (χ2n) is 21.6. The molecular formula is C75H122O6. The fraction of sp³-hybridized carbons (Fsp3) is 0.640. The average molecular weight is 1120 g/mol. The van der Waals surface area contributed by atoms with Crippen molar-refractivity contribution >= 4 is 17.9 Å². The van der Waals surface area contributed by atoms with Crippen LogP contribution in [0.3, 0.4) is 0 Å². The normalized spacial score (nSPS) is 13.1. The number of carbonyl (C=O) groups excluding carboxylic acids is 3. The summed E-state index contributed by atoms with van der Waals surface area (Å²) in [6.07, 6.45) is 97.2. The molecule has 6 nitrogen and oxygen atoms in total. The van der Waals surface area contributed by atoms with E-state index < -0.39 is 6.10 Å². The van der Waals surface area contributed by atoms with Crippen molar-refractivity contribution < 1.29 is 28.6 Å². The second kappa shape index (κ2) is 67.8. The quantitative estimate of drug-likeness (QED) is 0.0261. The number of unbranched alkanes of at least 4 members (excludes halogenated alkanes) is 24. The molecule has 0 aliphatic heterocycles. The number of carbonyl (C=O) groups is 3. The summed E-state index contributed by atoms with van der Waals surface area (Å²) < 4.78 is 16.9. The smallest absolute Gasteiger partial charge is 0.306 e. The van der Waals surface area contributed by atoms with Gasteiger partial charge in [0.2, 0.25) is 0 Å². The standard InChI is InChI=1S/C75H122O6/c1-4-7-10-13-16-19-22-24-26-28-30-32-33-34-35-36-37-38-39-40-41-43-44-46-48-50-53-56-59-62-65-68-74(77)80-71-72(70-79-73(76)67-64-61-58-55-52-21-18-15-12-9-6-3)81-75(78)69-66-63-60-57-54-51-49-47-45-42-31-29-27-25-23-20-17-14-11-8-5-2/h7,10,15-16,18-19,23-26,29-32,34-35,37-38,40-41,44,46,50,53,72H,4-6,8-9,11-14,17,20-22,27-28,33,36,39,42-43,45,47-49,51-52,54-71H2,1-3H3/b10-7-,18-15-,19-16-,25-23-,26-24-,31-29-,32-30-,35-34-,38-37-,41-40-,46-44-,53-50-. The van der Waals surface area contributed by atoms with E-state index in [1.165, 1.54) is 109 Å². The first-order valence-corrected chi connectivity index (χ1v) is 33.3. The van der Waals surface area contributed by atoms with Gasteiger partial charge in [-0.3, -0.25) is 14.4 Å². The number of allylic oxidation sites excluding steroid dienone is 24. The summed E-state index contributed by atoms with van der Waals surface area (Å²) in [4.78, 5) is 38.3. The van der Waals surface area contributed by atoms with Crippen molar-refractivity contribution in [3.63, 3.8) is 0 Å². The highest BCUT2D eigenvalue weighted by Gasteiger charge is 2.19. The van der Waals surface area contributed by atoms with E-state index in [1.54, 1.807) is 0 Å². The van der Waals surface area contributed by atoms with Crippen LogP contribution in [0.15, 0.2) is 146 Å². The molecule has 0 aromatic rings. The van der Waals surface area contributed by atoms with Gasteiger partial charge in [-0.2, -0.15) is 0 Å². The largest absolute Gasteiger partial charge is 0.462 e. The lowest BCUT2D eigenvalue weighted by Crippen LogP contribution is -2.30. The average Bonchev–Trinajstić information content (AvgIpc) is 3.47. The van der Waals surface area contributed by atoms with E-state index in [0.29, 0.717) is 19.3 Å². The first-order chi connectivity index (χ1) is 40.0. The van der Waals surface area contributed by atoms with Crippen molar-refractivity contribution in [1.82, 2.24) is 0 Å². The summed E-state index contributed by atoms with van der Waals surface area (Å²) >= 11 is 0. The maximum Gasteiger partial charge on any atom is 0.306 e. The molecule has 0 radical (unpaired) electrons. The molecule has 0 rings (SSSR count). The number of hydrogen-bond donors (Lipinski definition) is 0. The van der Waals surface area contributed by atoms with Gasteiger partial charge in [0, 0.05) is 19.3 Å². The van der Waals surface area contributed by atoms with Crippen LogP contribution in [0.4, 0.5) is 0 Å². The molecule has 0 saturated heterocycles. The molecule has 1 atom stereocenters. The van der Waals surface area contributed by atoms with Gasteiger partial charge in [0.05, 0.1) is 0 Å². The lowest BCUT2D eigenvalue weighted by molar-refractivity contribution is -0.167. The summed E-state index contributed by atoms with van der Waals surface area (Å²) in [7, 11) is 0. The Kier molecular flexibility index (Phi) is 63.9. The van der Waals surface area contributed by atoms with Crippen molar-refractivity contribution in [2.24, 2.45) is 0 Å². The predicted molar refractivity (Wildman–Crippen MR) is 352 cm³/mol. The topological polar surface area (TPSA) is 78.9 Å². The summed E-state index contributed by atoms with van der Waals surface area (Å²) in [5, 5.41) is 0. The lowest BCUT2D eigenvalue weighted by atomic mass is 10.1.